The molecule has 3 aromatic rings. The lowest BCUT2D eigenvalue weighted by atomic mass is 10.1. The van der Waals surface area contributed by atoms with Crippen LogP contribution in [0, 0.1) is 6.92 Å². The maximum atomic E-state index is 12.0. The van der Waals surface area contributed by atoms with E-state index in [2.05, 4.69) is 22.2 Å². The highest BCUT2D eigenvalue weighted by Crippen LogP contribution is 2.30. The molecular formula is C19H21N3O3. The Morgan fingerprint density at radius 1 is 1.24 bits per heavy atom. The van der Waals surface area contributed by atoms with Gasteiger partial charge in [-0.25, -0.2) is 9.78 Å². The molecule has 0 unspecified atom stereocenters. The number of methoxy groups -OCH3 is 1. The standard InChI is InChI=1S/C19H21N3O3/c1-4-5-6-17(23)21-12-7-8-15-13(9-12)14-10-16(19(24)25-3)20-11(2)18(14)22-15/h7-10,22H,4-6H2,1-3H3,(H,21,23). The lowest BCUT2D eigenvalue weighted by Gasteiger charge is -2.05. The summed E-state index contributed by atoms with van der Waals surface area (Å²) in [5.41, 5.74) is 3.53. The molecule has 0 atom stereocenters. The number of rotatable bonds is 5. The Labute approximate surface area is 145 Å². The van der Waals surface area contributed by atoms with Crippen LogP contribution in [-0.4, -0.2) is 29.0 Å². The van der Waals surface area contributed by atoms with Crippen molar-refractivity contribution in [2.75, 3.05) is 12.4 Å². The Bertz CT molecular complexity index is 959. The number of unbranched alkanes of at least 4 members (excludes halogenated alkanes) is 1. The first-order chi connectivity index (χ1) is 12.0. The van der Waals surface area contributed by atoms with Gasteiger partial charge in [0.1, 0.15) is 5.69 Å². The number of aryl methyl sites for hydroxylation is 1. The molecule has 130 valence electrons. The van der Waals surface area contributed by atoms with Crippen molar-refractivity contribution in [1.29, 1.82) is 0 Å². The SMILES string of the molecule is CCCCC(=O)Nc1ccc2[nH]c3c(C)nc(C(=O)OC)cc3c2c1. The summed E-state index contributed by atoms with van der Waals surface area (Å²) >= 11 is 0. The maximum Gasteiger partial charge on any atom is 0.356 e. The van der Waals surface area contributed by atoms with Crippen molar-refractivity contribution < 1.29 is 14.3 Å². The second-order valence-corrected chi connectivity index (χ2v) is 6.04. The molecule has 2 heterocycles. The van der Waals surface area contributed by atoms with Crippen LogP contribution in [0.4, 0.5) is 5.69 Å². The Morgan fingerprint density at radius 3 is 2.76 bits per heavy atom. The van der Waals surface area contributed by atoms with Crippen LogP contribution >= 0.6 is 0 Å². The summed E-state index contributed by atoms with van der Waals surface area (Å²) in [5, 5.41) is 4.74. The molecule has 0 spiro atoms. The van der Waals surface area contributed by atoms with E-state index in [1.165, 1.54) is 7.11 Å². The largest absolute Gasteiger partial charge is 0.464 e. The molecule has 6 nitrogen and oxygen atoms in total. The fourth-order valence-corrected chi connectivity index (χ4v) is 2.90. The first-order valence-corrected chi connectivity index (χ1v) is 8.34. The predicted octanol–water partition coefficient (Wildman–Crippen LogP) is 3.94. The summed E-state index contributed by atoms with van der Waals surface area (Å²) in [6.07, 6.45) is 2.37. The zero-order chi connectivity index (χ0) is 18.0. The molecule has 0 aliphatic carbocycles. The maximum absolute atomic E-state index is 12.0. The van der Waals surface area contributed by atoms with Crippen molar-refractivity contribution in [3.63, 3.8) is 0 Å². The number of aromatic amines is 1. The van der Waals surface area contributed by atoms with E-state index in [0.717, 1.165) is 46.0 Å². The normalized spacial score (nSPS) is 11.0. The van der Waals surface area contributed by atoms with E-state index in [-0.39, 0.29) is 11.6 Å². The third kappa shape index (κ3) is 3.33. The minimum atomic E-state index is -0.469. The number of carbonyl (C=O) groups is 2. The van der Waals surface area contributed by atoms with Gasteiger partial charge >= 0.3 is 5.97 Å². The Kier molecular flexibility index (Phi) is 4.70. The van der Waals surface area contributed by atoms with Gasteiger partial charge in [-0.05, 0) is 37.6 Å². The number of carbonyl (C=O) groups excluding carboxylic acids is 2. The molecule has 2 aromatic heterocycles. The van der Waals surface area contributed by atoms with Gasteiger partial charge in [0.25, 0.3) is 0 Å². The number of H-pyrrole nitrogens is 1. The minimum absolute atomic E-state index is 0.00846. The molecule has 0 saturated carbocycles. The molecular weight excluding hydrogens is 318 g/mol. The first kappa shape index (κ1) is 17.0. The van der Waals surface area contributed by atoms with Crippen molar-refractivity contribution in [3.05, 3.63) is 35.7 Å². The predicted molar refractivity (Wildman–Crippen MR) is 97.8 cm³/mol. The van der Waals surface area contributed by atoms with Crippen LogP contribution in [0.2, 0.25) is 0 Å². The lowest BCUT2D eigenvalue weighted by molar-refractivity contribution is -0.116. The number of esters is 1. The average molecular weight is 339 g/mol. The third-order valence-corrected chi connectivity index (χ3v) is 4.21. The number of anilines is 1. The highest BCUT2D eigenvalue weighted by atomic mass is 16.5. The number of aromatic nitrogens is 2. The quantitative estimate of drug-likeness (QED) is 0.690. The molecule has 6 heteroatoms. The third-order valence-electron chi connectivity index (χ3n) is 4.21. The van der Waals surface area contributed by atoms with Crippen LogP contribution in [0.5, 0.6) is 0 Å². The van der Waals surface area contributed by atoms with Crippen molar-refractivity contribution in [1.82, 2.24) is 9.97 Å². The van der Waals surface area contributed by atoms with Gasteiger partial charge in [-0.15, -0.1) is 0 Å². The second-order valence-electron chi connectivity index (χ2n) is 6.04. The van der Waals surface area contributed by atoms with Crippen molar-refractivity contribution in [2.24, 2.45) is 0 Å². The monoisotopic (exact) mass is 339 g/mol. The summed E-state index contributed by atoms with van der Waals surface area (Å²) in [6.45, 7) is 3.90. The Balaban J connectivity index is 2.05. The number of fused-ring (bicyclic) bond motifs is 3. The number of pyridine rings is 1. The number of benzene rings is 1. The van der Waals surface area contributed by atoms with E-state index < -0.39 is 5.97 Å². The van der Waals surface area contributed by atoms with Gasteiger partial charge in [0.05, 0.1) is 18.3 Å². The summed E-state index contributed by atoms with van der Waals surface area (Å²) in [4.78, 5) is 31.4. The van der Waals surface area contributed by atoms with Gasteiger partial charge in [0.15, 0.2) is 0 Å². The number of nitrogens with zero attached hydrogens (tertiary/aromatic N) is 1. The summed E-state index contributed by atoms with van der Waals surface area (Å²) in [6, 6.07) is 7.42. The minimum Gasteiger partial charge on any atom is -0.464 e. The Hall–Kier alpha value is -2.89. The molecule has 0 aliphatic rings. The first-order valence-electron chi connectivity index (χ1n) is 8.34. The fraction of sp³-hybridized carbons (Fsp3) is 0.316. The summed E-state index contributed by atoms with van der Waals surface area (Å²) in [7, 11) is 1.34. The summed E-state index contributed by atoms with van der Waals surface area (Å²) < 4.78 is 4.77. The van der Waals surface area contributed by atoms with Gasteiger partial charge < -0.3 is 15.0 Å². The van der Waals surface area contributed by atoms with E-state index in [4.69, 9.17) is 4.74 Å². The molecule has 25 heavy (non-hydrogen) atoms. The van der Waals surface area contributed by atoms with E-state index >= 15 is 0 Å². The van der Waals surface area contributed by atoms with E-state index in [0.29, 0.717) is 6.42 Å². The number of hydrogen-bond donors (Lipinski definition) is 2. The van der Waals surface area contributed by atoms with Crippen molar-refractivity contribution >= 4 is 39.4 Å². The van der Waals surface area contributed by atoms with Crippen LogP contribution in [0.3, 0.4) is 0 Å². The van der Waals surface area contributed by atoms with Crippen molar-refractivity contribution in [3.8, 4) is 0 Å². The van der Waals surface area contributed by atoms with Crippen LogP contribution in [0.25, 0.3) is 21.8 Å². The number of amides is 1. The second kappa shape index (κ2) is 6.93. The zero-order valence-electron chi connectivity index (χ0n) is 14.6. The van der Waals surface area contributed by atoms with E-state index in [9.17, 15) is 9.59 Å². The van der Waals surface area contributed by atoms with Crippen molar-refractivity contribution in [2.45, 2.75) is 33.1 Å². The highest BCUT2D eigenvalue weighted by Gasteiger charge is 2.14. The highest BCUT2D eigenvalue weighted by molar-refractivity contribution is 6.11. The van der Waals surface area contributed by atoms with Gasteiger partial charge in [-0.1, -0.05) is 13.3 Å². The van der Waals surface area contributed by atoms with Crippen LogP contribution < -0.4 is 5.32 Å². The molecule has 0 bridgehead atoms. The Morgan fingerprint density at radius 2 is 2.04 bits per heavy atom. The van der Waals surface area contributed by atoms with Crippen LogP contribution in [0.15, 0.2) is 24.3 Å². The van der Waals surface area contributed by atoms with E-state index in [1.54, 1.807) is 6.07 Å². The molecule has 3 rings (SSSR count). The average Bonchev–Trinajstić information content (AvgIpc) is 2.98. The zero-order valence-corrected chi connectivity index (χ0v) is 14.6. The van der Waals surface area contributed by atoms with Gasteiger partial charge in [0.2, 0.25) is 5.91 Å². The number of nitrogens with one attached hydrogen (secondary N) is 2. The number of hydrogen-bond acceptors (Lipinski definition) is 4. The van der Waals surface area contributed by atoms with E-state index in [1.807, 2.05) is 25.1 Å². The fourth-order valence-electron chi connectivity index (χ4n) is 2.90. The topological polar surface area (TPSA) is 84.1 Å². The van der Waals surface area contributed by atoms with Crippen LogP contribution in [-0.2, 0) is 9.53 Å². The number of ether oxygens (including phenoxy) is 1. The molecule has 0 saturated heterocycles. The van der Waals surface area contributed by atoms with Gasteiger partial charge in [0, 0.05) is 28.4 Å². The lowest BCUT2D eigenvalue weighted by Crippen LogP contribution is -2.10. The molecule has 1 aromatic carbocycles. The summed E-state index contributed by atoms with van der Waals surface area (Å²) in [5.74, 6) is -0.461. The van der Waals surface area contributed by atoms with Gasteiger partial charge in [-0.3, -0.25) is 4.79 Å². The molecule has 1 amide bonds. The molecule has 0 aliphatic heterocycles. The smallest absolute Gasteiger partial charge is 0.356 e. The van der Waals surface area contributed by atoms with Crippen LogP contribution in [0.1, 0.15) is 42.4 Å². The van der Waals surface area contributed by atoms with Gasteiger partial charge in [-0.2, -0.15) is 0 Å². The molecule has 2 N–H and O–H groups in total. The molecule has 0 fully saturated rings. The molecule has 0 radical (unpaired) electrons.